The van der Waals surface area contributed by atoms with Gasteiger partial charge in [0.2, 0.25) is 0 Å². The monoisotopic (exact) mass is 423 g/mol. The molecule has 2 aromatic rings. The third-order valence-electron chi connectivity index (χ3n) is 5.16. The first-order chi connectivity index (χ1) is 12.6. The van der Waals surface area contributed by atoms with Gasteiger partial charge < -0.3 is 11.1 Å². The summed E-state index contributed by atoms with van der Waals surface area (Å²) in [5.74, 6) is -0.0700. The van der Waals surface area contributed by atoms with Crippen molar-refractivity contribution >= 4 is 36.4 Å². The van der Waals surface area contributed by atoms with Crippen molar-refractivity contribution in [2.24, 2.45) is 0 Å². The van der Waals surface area contributed by atoms with E-state index < -0.39 is 0 Å². The second-order valence-electron chi connectivity index (χ2n) is 7.22. The van der Waals surface area contributed by atoms with E-state index >= 15 is 0 Å². The Morgan fingerprint density at radius 3 is 2.32 bits per heavy atom. The van der Waals surface area contributed by atoms with E-state index in [0.29, 0.717) is 17.8 Å². The summed E-state index contributed by atoms with van der Waals surface area (Å²) in [5.41, 5.74) is 10.5. The van der Waals surface area contributed by atoms with Crippen LogP contribution in [-0.2, 0) is 13.1 Å². The maximum atomic E-state index is 12.6. The van der Waals surface area contributed by atoms with Crippen LogP contribution in [0.3, 0.4) is 0 Å². The van der Waals surface area contributed by atoms with Gasteiger partial charge in [-0.3, -0.25) is 9.69 Å². The van der Waals surface area contributed by atoms with Crippen LogP contribution >= 0.6 is 24.8 Å². The Labute approximate surface area is 180 Å². The van der Waals surface area contributed by atoms with E-state index in [1.54, 1.807) is 6.07 Å². The molecule has 1 heterocycles. The molecular formula is C22H31Cl2N3O. The lowest BCUT2D eigenvalue weighted by atomic mass is 10.1. The number of hydrogen-bond donors (Lipinski definition) is 2. The van der Waals surface area contributed by atoms with Crippen molar-refractivity contribution in [1.82, 2.24) is 10.2 Å². The van der Waals surface area contributed by atoms with Gasteiger partial charge in [-0.15, -0.1) is 24.8 Å². The summed E-state index contributed by atoms with van der Waals surface area (Å²) >= 11 is 0. The first-order valence-electron chi connectivity index (χ1n) is 9.57. The van der Waals surface area contributed by atoms with E-state index in [9.17, 15) is 4.79 Å². The summed E-state index contributed by atoms with van der Waals surface area (Å²) in [6.45, 7) is 5.77. The third kappa shape index (κ3) is 6.69. The number of rotatable bonds is 5. The molecule has 1 saturated heterocycles. The SMILES string of the molecule is Cc1ccc(N)cc1C(=O)NCc1ccccc1CN1CCCCCC1.Cl.Cl. The van der Waals surface area contributed by atoms with Gasteiger partial charge >= 0.3 is 0 Å². The number of nitrogens with zero attached hydrogens (tertiary/aromatic N) is 1. The molecule has 4 nitrogen and oxygen atoms in total. The summed E-state index contributed by atoms with van der Waals surface area (Å²) < 4.78 is 0. The molecule has 6 heteroatoms. The number of nitrogens with two attached hydrogens (primary N) is 1. The topological polar surface area (TPSA) is 58.4 Å². The summed E-state index contributed by atoms with van der Waals surface area (Å²) in [4.78, 5) is 15.1. The molecule has 1 amide bonds. The summed E-state index contributed by atoms with van der Waals surface area (Å²) in [7, 11) is 0. The molecule has 0 spiro atoms. The van der Waals surface area contributed by atoms with E-state index in [-0.39, 0.29) is 30.7 Å². The maximum absolute atomic E-state index is 12.6. The minimum atomic E-state index is -0.0700. The minimum Gasteiger partial charge on any atom is -0.399 e. The highest BCUT2D eigenvalue weighted by Crippen LogP contribution is 2.17. The van der Waals surface area contributed by atoms with E-state index in [1.165, 1.54) is 49.9 Å². The lowest BCUT2D eigenvalue weighted by molar-refractivity contribution is 0.0950. The zero-order valence-corrected chi connectivity index (χ0v) is 18.1. The molecular weight excluding hydrogens is 393 g/mol. The Bertz CT molecular complexity index is 759. The highest BCUT2D eigenvalue weighted by molar-refractivity contribution is 5.96. The number of amides is 1. The van der Waals surface area contributed by atoms with Crippen LogP contribution in [0, 0.1) is 6.92 Å². The van der Waals surface area contributed by atoms with Gasteiger partial charge in [-0.1, -0.05) is 43.2 Å². The number of hydrogen-bond acceptors (Lipinski definition) is 3. The Hall–Kier alpha value is -1.75. The fourth-order valence-electron chi connectivity index (χ4n) is 3.57. The molecule has 0 radical (unpaired) electrons. The second-order valence-corrected chi connectivity index (χ2v) is 7.22. The molecule has 0 aromatic heterocycles. The summed E-state index contributed by atoms with van der Waals surface area (Å²) in [5, 5.41) is 3.06. The highest BCUT2D eigenvalue weighted by Gasteiger charge is 2.13. The number of carbonyl (C=O) groups excluding carboxylic acids is 1. The average molecular weight is 424 g/mol. The molecule has 1 fully saturated rings. The first-order valence-corrected chi connectivity index (χ1v) is 9.57. The number of carbonyl (C=O) groups is 1. The Morgan fingerprint density at radius 1 is 1.00 bits per heavy atom. The van der Waals surface area contributed by atoms with Crippen LogP contribution < -0.4 is 11.1 Å². The number of anilines is 1. The molecule has 1 aliphatic heterocycles. The molecule has 0 saturated carbocycles. The number of nitrogens with one attached hydrogen (secondary N) is 1. The van der Waals surface area contributed by atoms with Crippen molar-refractivity contribution in [3.8, 4) is 0 Å². The van der Waals surface area contributed by atoms with Gasteiger partial charge in [-0.2, -0.15) is 0 Å². The van der Waals surface area contributed by atoms with Crippen LogP contribution in [-0.4, -0.2) is 23.9 Å². The van der Waals surface area contributed by atoms with E-state index in [0.717, 1.165) is 12.1 Å². The number of halogens is 2. The lowest BCUT2D eigenvalue weighted by Crippen LogP contribution is -2.27. The lowest BCUT2D eigenvalue weighted by Gasteiger charge is -2.21. The molecule has 28 heavy (non-hydrogen) atoms. The van der Waals surface area contributed by atoms with E-state index in [4.69, 9.17) is 5.73 Å². The number of nitrogen functional groups attached to an aromatic ring is 1. The van der Waals surface area contributed by atoms with Gasteiger partial charge in [0.15, 0.2) is 0 Å². The van der Waals surface area contributed by atoms with Gasteiger partial charge in [-0.05, 0) is 61.7 Å². The summed E-state index contributed by atoms with van der Waals surface area (Å²) in [6.07, 6.45) is 5.25. The molecule has 3 N–H and O–H groups in total. The van der Waals surface area contributed by atoms with Gasteiger partial charge in [0.1, 0.15) is 0 Å². The molecule has 2 aromatic carbocycles. The zero-order valence-electron chi connectivity index (χ0n) is 16.4. The molecule has 0 aliphatic carbocycles. The van der Waals surface area contributed by atoms with Crippen molar-refractivity contribution in [1.29, 1.82) is 0 Å². The van der Waals surface area contributed by atoms with E-state index in [1.807, 2.05) is 25.1 Å². The smallest absolute Gasteiger partial charge is 0.251 e. The largest absolute Gasteiger partial charge is 0.399 e. The average Bonchev–Trinajstić information content (AvgIpc) is 2.91. The Morgan fingerprint density at radius 2 is 1.64 bits per heavy atom. The predicted octanol–water partition coefficient (Wildman–Crippen LogP) is 4.73. The highest BCUT2D eigenvalue weighted by atomic mass is 35.5. The standard InChI is InChI=1S/C22H29N3O.2ClH/c1-17-10-11-20(23)14-21(17)22(26)24-15-18-8-4-5-9-19(18)16-25-12-6-2-3-7-13-25;;/h4-5,8-11,14H,2-3,6-7,12-13,15-16,23H2,1H3,(H,24,26);2*1H. The van der Waals surface area contributed by atoms with Gasteiger partial charge in [0.05, 0.1) is 0 Å². The van der Waals surface area contributed by atoms with Crippen LogP contribution in [0.5, 0.6) is 0 Å². The van der Waals surface area contributed by atoms with Crippen molar-refractivity contribution in [2.75, 3.05) is 18.8 Å². The molecule has 0 atom stereocenters. The number of benzene rings is 2. The fraction of sp³-hybridized carbons (Fsp3) is 0.409. The predicted molar refractivity (Wildman–Crippen MR) is 121 cm³/mol. The normalized spacial score (nSPS) is 14.3. The van der Waals surface area contributed by atoms with Crippen LogP contribution in [0.25, 0.3) is 0 Å². The molecule has 1 aliphatic rings. The van der Waals surface area contributed by atoms with Crippen LogP contribution in [0.1, 0.15) is 52.7 Å². The van der Waals surface area contributed by atoms with E-state index in [2.05, 4.69) is 28.4 Å². The van der Waals surface area contributed by atoms with Crippen molar-refractivity contribution in [2.45, 2.75) is 45.7 Å². The molecule has 154 valence electrons. The molecule has 0 bridgehead atoms. The van der Waals surface area contributed by atoms with Crippen molar-refractivity contribution < 1.29 is 4.79 Å². The van der Waals surface area contributed by atoms with Crippen LogP contribution in [0.15, 0.2) is 42.5 Å². The van der Waals surface area contributed by atoms with Crippen LogP contribution in [0.2, 0.25) is 0 Å². The third-order valence-corrected chi connectivity index (χ3v) is 5.16. The Balaban J connectivity index is 0.00000196. The molecule has 3 rings (SSSR count). The molecule has 0 unspecified atom stereocenters. The number of aryl methyl sites for hydroxylation is 1. The number of likely N-dealkylation sites (tertiary alicyclic amines) is 1. The first kappa shape index (κ1) is 24.3. The fourth-order valence-corrected chi connectivity index (χ4v) is 3.57. The van der Waals surface area contributed by atoms with Crippen molar-refractivity contribution in [3.63, 3.8) is 0 Å². The van der Waals surface area contributed by atoms with Gasteiger partial charge in [0.25, 0.3) is 5.91 Å². The Kier molecular flexibility index (Phi) is 10.4. The maximum Gasteiger partial charge on any atom is 0.251 e. The van der Waals surface area contributed by atoms with Gasteiger partial charge in [-0.25, -0.2) is 0 Å². The minimum absolute atomic E-state index is 0. The second kappa shape index (κ2) is 11.9. The van der Waals surface area contributed by atoms with Crippen molar-refractivity contribution in [3.05, 3.63) is 64.7 Å². The van der Waals surface area contributed by atoms with Gasteiger partial charge in [0, 0.05) is 24.3 Å². The van der Waals surface area contributed by atoms with Crippen LogP contribution in [0.4, 0.5) is 5.69 Å². The zero-order chi connectivity index (χ0) is 18.4. The summed E-state index contributed by atoms with van der Waals surface area (Å²) in [6, 6.07) is 13.9. The quantitative estimate of drug-likeness (QED) is 0.683.